The number of aliphatic hydroxyl groups excluding tert-OH is 2. The molecule has 0 aromatic heterocycles. The minimum Gasteiger partial charge on any atom is -0.374 e. The van der Waals surface area contributed by atoms with E-state index in [1.54, 1.807) is 12.1 Å². The molecule has 0 spiro atoms. The molecule has 0 saturated heterocycles. The van der Waals surface area contributed by atoms with Crippen molar-refractivity contribution in [2.75, 3.05) is 4.90 Å². The number of alkyl halides is 3. The highest BCUT2D eigenvalue weighted by Gasteiger charge is 2.38. The standard InChI is InChI=1S/C16H12ClF3N2O3/c17-11-3-1-2-4-12(11)22-13-6-10(16(18,19)20)8(7-23)5-9(13)14(24)21-15(22)25/h1-7,14-15,21,24-25H. The summed E-state index contributed by atoms with van der Waals surface area (Å²) in [5.41, 5.74) is -1.63. The maximum absolute atomic E-state index is 13.3. The van der Waals surface area contributed by atoms with Gasteiger partial charge in [-0.2, -0.15) is 13.2 Å². The van der Waals surface area contributed by atoms with E-state index >= 15 is 0 Å². The zero-order valence-electron chi connectivity index (χ0n) is 12.5. The summed E-state index contributed by atoms with van der Waals surface area (Å²) in [5.74, 6) is 0. The van der Waals surface area contributed by atoms with Crippen molar-refractivity contribution in [3.05, 3.63) is 58.1 Å². The summed E-state index contributed by atoms with van der Waals surface area (Å²) in [4.78, 5) is 12.2. The molecule has 3 N–H and O–H groups in total. The number of carbonyl (C=O) groups excluding carboxylic acids is 1. The first-order valence-corrected chi connectivity index (χ1v) is 7.48. The normalized spacial score (nSPS) is 20.3. The van der Waals surface area contributed by atoms with E-state index < -0.39 is 29.9 Å². The highest BCUT2D eigenvalue weighted by Crippen LogP contribution is 2.43. The van der Waals surface area contributed by atoms with E-state index in [9.17, 15) is 28.2 Å². The lowest BCUT2D eigenvalue weighted by atomic mass is 9.98. The maximum atomic E-state index is 13.3. The Labute approximate surface area is 145 Å². The second-order valence-electron chi connectivity index (χ2n) is 5.38. The molecule has 0 fully saturated rings. The number of hydrogen-bond acceptors (Lipinski definition) is 5. The SMILES string of the molecule is O=Cc1cc2c(cc1C(F)(F)F)N(c1ccccc1Cl)C(O)NC2O. The first-order chi connectivity index (χ1) is 11.7. The molecule has 1 aliphatic heterocycles. The summed E-state index contributed by atoms with van der Waals surface area (Å²) >= 11 is 6.09. The molecule has 3 rings (SSSR count). The van der Waals surface area contributed by atoms with Crippen molar-refractivity contribution in [2.45, 2.75) is 18.8 Å². The molecule has 0 amide bonds. The van der Waals surface area contributed by atoms with Crippen LogP contribution in [-0.4, -0.2) is 22.9 Å². The Bertz CT molecular complexity index is 829. The smallest absolute Gasteiger partial charge is 0.374 e. The van der Waals surface area contributed by atoms with E-state index in [4.69, 9.17) is 11.6 Å². The van der Waals surface area contributed by atoms with Crippen molar-refractivity contribution in [1.29, 1.82) is 0 Å². The molecule has 132 valence electrons. The topological polar surface area (TPSA) is 72.8 Å². The van der Waals surface area contributed by atoms with Crippen LogP contribution in [0.2, 0.25) is 5.02 Å². The zero-order valence-corrected chi connectivity index (χ0v) is 13.2. The highest BCUT2D eigenvalue weighted by atomic mass is 35.5. The van der Waals surface area contributed by atoms with Gasteiger partial charge in [-0.1, -0.05) is 23.7 Å². The fraction of sp³-hybridized carbons (Fsp3) is 0.188. The number of hydrogen-bond donors (Lipinski definition) is 3. The molecule has 2 aromatic carbocycles. The molecule has 25 heavy (non-hydrogen) atoms. The third-order valence-electron chi connectivity index (χ3n) is 3.85. The number of carbonyl (C=O) groups is 1. The number of para-hydroxylation sites is 1. The van der Waals surface area contributed by atoms with Crippen LogP contribution in [0, 0.1) is 0 Å². The fourth-order valence-corrected chi connectivity index (χ4v) is 2.97. The Morgan fingerprint density at radius 3 is 2.44 bits per heavy atom. The zero-order chi connectivity index (χ0) is 18.4. The number of nitrogens with one attached hydrogen (secondary N) is 1. The molecule has 0 aliphatic carbocycles. The monoisotopic (exact) mass is 372 g/mol. The largest absolute Gasteiger partial charge is 0.417 e. The van der Waals surface area contributed by atoms with Gasteiger partial charge in [-0.25, -0.2) is 5.32 Å². The van der Waals surface area contributed by atoms with E-state index in [0.717, 1.165) is 17.0 Å². The van der Waals surface area contributed by atoms with Crippen LogP contribution < -0.4 is 10.2 Å². The lowest BCUT2D eigenvalue weighted by Gasteiger charge is -2.39. The molecule has 0 bridgehead atoms. The van der Waals surface area contributed by atoms with Crippen LogP contribution in [0.15, 0.2) is 36.4 Å². The van der Waals surface area contributed by atoms with E-state index in [2.05, 4.69) is 5.32 Å². The van der Waals surface area contributed by atoms with Crippen LogP contribution in [0.5, 0.6) is 0 Å². The van der Waals surface area contributed by atoms with Gasteiger partial charge in [0.1, 0.15) is 6.23 Å². The van der Waals surface area contributed by atoms with Crippen LogP contribution in [0.1, 0.15) is 27.7 Å². The van der Waals surface area contributed by atoms with Gasteiger partial charge in [0.05, 0.1) is 22.0 Å². The maximum Gasteiger partial charge on any atom is 0.417 e. The van der Waals surface area contributed by atoms with Gasteiger partial charge in [0.15, 0.2) is 12.6 Å². The minimum atomic E-state index is -4.78. The summed E-state index contributed by atoms with van der Waals surface area (Å²) in [7, 11) is 0. The number of aldehydes is 1. The number of nitrogens with zero attached hydrogens (tertiary/aromatic N) is 1. The van der Waals surface area contributed by atoms with Crippen molar-refractivity contribution in [3.8, 4) is 0 Å². The highest BCUT2D eigenvalue weighted by molar-refractivity contribution is 6.33. The van der Waals surface area contributed by atoms with Crippen LogP contribution in [0.25, 0.3) is 0 Å². The number of fused-ring (bicyclic) bond motifs is 1. The minimum absolute atomic E-state index is 0.0142. The number of aliphatic hydroxyl groups is 2. The van der Waals surface area contributed by atoms with Gasteiger partial charge in [-0.15, -0.1) is 0 Å². The lowest BCUT2D eigenvalue weighted by molar-refractivity contribution is -0.137. The van der Waals surface area contributed by atoms with Crippen LogP contribution >= 0.6 is 11.6 Å². The fourth-order valence-electron chi connectivity index (χ4n) is 2.74. The third kappa shape index (κ3) is 3.09. The first kappa shape index (κ1) is 17.7. The van der Waals surface area contributed by atoms with Crippen LogP contribution in [0.3, 0.4) is 0 Å². The van der Waals surface area contributed by atoms with Gasteiger partial charge < -0.3 is 15.1 Å². The number of rotatable bonds is 2. The van der Waals surface area contributed by atoms with E-state index in [1.807, 2.05) is 0 Å². The van der Waals surface area contributed by atoms with Gasteiger partial charge in [-0.05, 0) is 24.3 Å². The van der Waals surface area contributed by atoms with E-state index in [1.165, 1.54) is 12.1 Å². The first-order valence-electron chi connectivity index (χ1n) is 7.10. The molecule has 2 aromatic rings. The summed E-state index contributed by atoms with van der Waals surface area (Å²) < 4.78 is 39.8. The summed E-state index contributed by atoms with van der Waals surface area (Å²) in [6, 6.07) is 7.91. The molecule has 0 saturated carbocycles. The molecular weight excluding hydrogens is 361 g/mol. The summed E-state index contributed by atoms with van der Waals surface area (Å²) in [6.07, 6.45) is -7.69. The van der Waals surface area contributed by atoms with Gasteiger partial charge in [0, 0.05) is 11.1 Å². The predicted molar refractivity (Wildman–Crippen MR) is 84.5 cm³/mol. The van der Waals surface area contributed by atoms with Gasteiger partial charge >= 0.3 is 6.18 Å². The molecule has 0 radical (unpaired) electrons. The Hall–Kier alpha value is -2.13. The van der Waals surface area contributed by atoms with Crippen LogP contribution in [-0.2, 0) is 6.18 Å². The van der Waals surface area contributed by atoms with E-state index in [0.29, 0.717) is 0 Å². The molecule has 2 unspecified atom stereocenters. The van der Waals surface area contributed by atoms with Crippen molar-refractivity contribution in [3.63, 3.8) is 0 Å². The van der Waals surface area contributed by atoms with Crippen molar-refractivity contribution < 1.29 is 28.2 Å². The molecular formula is C16H12ClF3N2O3. The van der Waals surface area contributed by atoms with Crippen molar-refractivity contribution in [2.24, 2.45) is 0 Å². The number of benzene rings is 2. The molecule has 1 heterocycles. The Kier molecular flexibility index (Phi) is 4.46. The molecule has 9 heteroatoms. The summed E-state index contributed by atoms with van der Waals surface area (Å²) in [6.45, 7) is 0. The number of halogens is 4. The second kappa shape index (κ2) is 6.30. The summed E-state index contributed by atoms with van der Waals surface area (Å²) in [5, 5.41) is 22.9. The number of anilines is 2. The average molecular weight is 373 g/mol. The Balaban J connectivity index is 2.27. The van der Waals surface area contributed by atoms with Gasteiger partial charge in [0.25, 0.3) is 0 Å². The quantitative estimate of drug-likeness (QED) is 0.706. The van der Waals surface area contributed by atoms with Crippen molar-refractivity contribution >= 4 is 29.3 Å². The average Bonchev–Trinajstić information content (AvgIpc) is 2.54. The predicted octanol–water partition coefficient (Wildman–Crippen LogP) is 3.18. The molecule has 2 atom stereocenters. The van der Waals surface area contributed by atoms with Gasteiger partial charge in [0.2, 0.25) is 0 Å². The van der Waals surface area contributed by atoms with E-state index in [-0.39, 0.29) is 28.2 Å². The third-order valence-corrected chi connectivity index (χ3v) is 4.17. The lowest BCUT2D eigenvalue weighted by Crippen LogP contribution is -2.49. The van der Waals surface area contributed by atoms with Crippen LogP contribution in [0.4, 0.5) is 24.5 Å². The Morgan fingerprint density at radius 2 is 1.84 bits per heavy atom. The van der Waals surface area contributed by atoms with Gasteiger partial charge in [-0.3, -0.25) is 4.79 Å². The second-order valence-corrected chi connectivity index (χ2v) is 5.79. The molecule has 1 aliphatic rings. The molecule has 5 nitrogen and oxygen atoms in total. The Morgan fingerprint density at radius 1 is 1.16 bits per heavy atom. The van der Waals surface area contributed by atoms with Crippen molar-refractivity contribution in [1.82, 2.24) is 5.32 Å².